The molecule has 0 radical (unpaired) electrons. The van der Waals surface area contributed by atoms with Crippen LogP contribution in [0.3, 0.4) is 0 Å². The van der Waals surface area contributed by atoms with Crippen LogP contribution < -0.4 is 5.32 Å². The quantitative estimate of drug-likeness (QED) is 0.681. The number of amides is 1. The molecule has 0 saturated heterocycles. The molecule has 0 spiro atoms. The van der Waals surface area contributed by atoms with E-state index in [1.165, 1.54) is 16.1 Å². The van der Waals surface area contributed by atoms with Crippen LogP contribution in [-0.4, -0.2) is 26.1 Å². The zero-order valence-corrected chi connectivity index (χ0v) is 15.4. The third kappa shape index (κ3) is 4.07. The number of thiophene rings is 1. The minimum atomic E-state index is -0.139. The molecule has 3 rings (SSSR count). The fourth-order valence-electron chi connectivity index (χ4n) is 2.30. The lowest BCUT2D eigenvalue weighted by atomic mass is 10.0. The molecule has 0 unspecified atom stereocenters. The van der Waals surface area contributed by atoms with Crippen LogP contribution in [0.2, 0.25) is 0 Å². The summed E-state index contributed by atoms with van der Waals surface area (Å²) in [5.41, 5.74) is 1.07. The van der Waals surface area contributed by atoms with Gasteiger partial charge in [0.2, 0.25) is 11.7 Å². The van der Waals surface area contributed by atoms with Crippen molar-refractivity contribution in [3.8, 4) is 10.7 Å². The number of tetrazole rings is 1. The molecule has 1 atom stereocenters. The first-order valence-corrected chi connectivity index (χ1v) is 9.19. The Hall–Kier alpha value is -2.06. The Bertz CT molecular complexity index is 800. The van der Waals surface area contributed by atoms with E-state index in [2.05, 4.69) is 36.7 Å². The Morgan fingerprint density at radius 1 is 1.33 bits per heavy atom. The van der Waals surface area contributed by atoms with Crippen molar-refractivity contribution in [2.45, 2.75) is 25.9 Å². The summed E-state index contributed by atoms with van der Waals surface area (Å²) in [5, 5.41) is 17.1. The molecule has 1 N–H and O–H groups in total. The Morgan fingerprint density at radius 3 is 2.79 bits per heavy atom. The Labute approximate surface area is 152 Å². The molecule has 0 aliphatic rings. The van der Waals surface area contributed by atoms with Gasteiger partial charge in [0.1, 0.15) is 6.54 Å². The van der Waals surface area contributed by atoms with Gasteiger partial charge in [-0.2, -0.15) is 4.80 Å². The second kappa shape index (κ2) is 7.67. The molecule has 0 saturated carbocycles. The topological polar surface area (TPSA) is 72.7 Å². The van der Waals surface area contributed by atoms with E-state index in [0.29, 0.717) is 5.82 Å². The molecule has 2 heterocycles. The van der Waals surface area contributed by atoms with E-state index < -0.39 is 0 Å². The number of hydrogen-bond donors (Lipinski definition) is 1. The van der Waals surface area contributed by atoms with E-state index in [9.17, 15) is 4.79 Å². The summed E-state index contributed by atoms with van der Waals surface area (Å²) in [6.45, 7) is 2.08. The van der Waals surface area contributed by atoms with Crippen molar-refractivity contribution in [3.63, 3.8) is 0 Å². The van der Waals surface area contributed by atoms with Crippen LogP contribution in [0.15, 0.2) is 46.3 Å². The largest absolute Gasteiger partial charge is 0.348 e. The van der Waals surface area contributed by atoms with Gasteiger partial charge in [0.25, 0.3) is 0 Å². The van der Waals surface area contributed by atoms with E-state index >= 15 is 0 Å². The average Bonchev–Trinajstić information content (AvgIpc) is 3.24. The predicted molar refractivity (Wildman–Crippen MR) is 96.4 cm³/mol. The van der Waals surface area contributed by atoms with Gasteiger partial charge in [-0.15, -0.1) is 21.5 Å². The van der Waals surface area contributed by atoms with Crippen molar-refractivity contribution in [1.29, 1.82) is 0 Å². The van der Waals surface area contributed by atoms with Crippen LogP contribution in [0.25, 0.3) is 10.7 Å². The number of carbonyl (C=O) groups is 1. The smallest absolute Gasteiger partial charge is 0.244 e. The second-order valence-corrected chi connectivity index (χ2v) is 7.06. The average molecular weight is 406 g/mol. The Balaban J connectivity index is 1.63. The lowest BCUT2D eigenvalue weighted by Crippen LogP contribution is -2.32. The number of rotatable bonds is 6. The first-order valence-electron chi connectivity index (χ1n) is 7.52. The maximum Gasteiger partial charge on any atom is 0.244 e. The van der Waals surface area contributed by atoms with E-state index in [4.69, 9.17) is 0 Å². The molecule has 6 nitrogen and oxygen atoms in total. The van der Waals surface area contributed by atoms with Crippen LogP contribution in [0, 0.1) is 0 Å². The van der Waals surface area contributed by atoms with Gasteiger partial charge >= 0.3 is 0 Å². The normalized spacial score (nSPS) is 12.1. The van der Waals surface area contributed by atoms with Crippen molar-refractivity contribution in [2.24, 2.45) is 0 Å². The SMILES string of the molecule is CC[C@@H](NC(=O)Cn1nnc(-c2cccs2)n1)c1ccc(Br)cc1. The maximum atomic E-state index is 12.3. The molecule has 0 aliphatic heterocycles. The third-order valence-corrected chi connectivity index (χ3v) is 4.89. The Kier molecular flexibility index (Phi) is 5.37. The molecule has 1 amide bonds. The molecule has 0 aliphatic carbocycles. The maximum absolute atomic E-state index is 12.3. The number of aromatic nitrogens is 4. The monoisotopic (exact) mass is 405 g/mol. The van der Waals surface area contributed by atoms with Gasteiger partial charge in [0, 0.05) is 4.47 Å². The molecule has 8 heteroatoms. The molecule has 24 heavy (non-hydrogen) atoms. The van der Waals surface area contributed by atoms with Gasteiger partial charge in [-0.05, 0) is 40.8 Å². The summed E-state index contributed by atoms with van der Waals surface area (Å²) < 4.78 is 1.01. The van der Waals surface area contributed by atoms with Crippen molar-refractivity contribution in [2.75, 3.05) is 0 Å². The van der Waals surface area contributed by atoms with Crippen molar-refractivity contribution < 1.29 is 4.79 Å². The summed E-state index contributed by atoms with van der Waals surface area (Å²) in [7, 11) is 0. The summed E-state index contributed by atoms with van der Waals surface area (Å²) in [6.07, 6.45) is 0.804. The highest BCUT2D eigenvalue weighted by Crippen LogP contribution is 2.20. The highest BCUT2D eigenvalue weighted by Gasteiger charge is 2.15. The highest BCUT2D eigenvalue weighted by atomic mass is 79.9. The number of nitrogens with one attached hydrogen (secondary N) is 1. The van der Waals surface area contributed by atoms with Gasteiger partial charge in [-0.3, -0.25) is 4.79 Å². The number of halogens is 1. The molecule has 0 fully saturated rings. The van der Waals surface area contributed by atoms with E-state index in [0.717, 1.165) is 21.3 Å². The van der Waals surface area contributed by atoms with Crippen LogP contribution in [0.1, 0.15) is 24.9 Å². The summed E-state index contributed by atoms with van der Waals surface area (Å²) in [5.74, 6) is 0.401. The number of carbonyl (C=O) groups excluding carboxylic acids is 1. The van der Waals surface area contributed by atoms with Crippen LogP contribution in [0.5, 0.6) is 0 Å². The van der Waals surface area contributed by atoms with E-state index in [1.807, 2.05) is 48.7 Å². The van der Waals surface area contributed by atoms with Crippen LogP contribution in [0.4, 0.5) is 0 Å². The minimum Gasteiger partial charge on any atom is -0.348 e. The predicted octanol–water partition coefficient (Wildman–Crippen LogP) is 3.43. The first-order chi connectivity index (χ1) is 11.7. The molecule has 3 aromatic rings. The van der Waals surface area contributed by atoms with Crippen molar-refractivity contribution in [1.82, 2.24) is 25.5 Å². The summed E-state index contributed by atoms with van der Waals surface area (Å²) >= 11 is 4.96. The molecular weight excluding hydrogens is 390 g/mol. The van der Waals surface area contributed by atoms with Crippen LogP contribution in [-0.2, 0) is 11.3 Å². The summed E-state index contributed by atoms with van der Waals surface area (Å²) in [4.78, 5) is 14.5. The van der Waals surface area contributed by atoms with Crippen LogP contribution >= 0.6 is 27.3 Å². The molecule has 0 bridgehead atoms. The fraction of sp³-hybridized carbons (Fsp3) is 0.250. The highest BCUT2D eigenvalue weighted by molar-refractivity contribution is 9.10. The van der Waals surface area contributed by atoms with Gasteiger partial charge in [0.15, 0.2) is 0 Å². The fourth-order valence-corrected chi connectivity index (χ4v) is 3.21. The minimum absolute atomic E-state index is 0.0362. The van der Waals surface area contributed by atoms with Gasteiger partial charge in [-0.1, -0.05) is 41.1 Å². The van der Waals surface area contributed by atoms with Crippen molar-refractivity contribution in [3.05, 3.63) is 51.8 Å². The molecule has 2 aromatic heterocycles. The van der Waals surface area contributed by atoms with Gasteiger partial charge < -0.3 is 5.32 Å². The van der Waals surface area contributed by atoms with Gasteiger partial charge in [0.05, 0.1) is 10.9 Å². The molecule has 124 valence electrons. The first kappa shape index (κ1) is 16.8. The second-order valence-electron chi connectivity index (χ2n) is 5.20. The zero-order valence-electron chi connectivity index (χ0n) is 13.0. The number of benzene rings is 1. The lowest BCUT2D eigenvalue weighted by Gasteiger charge is -2.17. The third-order valence-electron chi connectivity index (χ3n) is 3.50. The van der Waals surface area contributed by atoms with Gasteiger partial charge in [-0.25, -0.2) is 0 Å². The number of hydrogen-bond acceptors (Lipinski definition) is 5. The number of nitrogens with zero attached hydrogens (tertiary/aromatic N) is 4. The van der Waals surface area contributed by atoms with E-state index in [1.54, 1.807) is 0 Å². The Morgan fingerprint density at radius 2 is 2.12 bits per heavy atom. The molecule has 1 aromatic carbocycles. The van der Waals surface area contributed by atoms with E-state index in [-0.39, 0.29) is 18.5 Å². The summed E-state index contributed by atoms with van der Waals surface area (Å²) in [6, 6.07) is 11.8. The van der Waals surface area contributed by atoms with Crippen molar-refractivity contribution >= 4 is 33.2 Å². The molecular formula is C16H16BrN5OS. The lowest BCUT2D eigenvalue weighted by molar-refractivity contribution is -0.122. The zero-order chi connectivity index (χ0) is 16.9. The standard InChI is InChI=1S/C16H16BrN5OS/c1-2-13(11-5-7-12(17)8-6-11)18-15(23)10-22-20-16(19-21-22)14-4-3-9-24-14/h3-9,13H,2,10H2,1H3,(H,18,23)/t13-/m1/s1.